The molecule has 3 heteroatoms. The summed E-state index contributed by atoms with van der Waals surface area (Å²) >= 11 is 0. The number of hydrogen-bond acceptors (Lipinski definition) is 3. The van der Waals surface area contributed by atoms with Gasteiger partial charge in [-0.25, -0.2) is 4.79 Å². The van der Waals surface area contributed by atoms with E-state index in [9.17, 15) is 4.79 Å². The molecule has 0 heterocycles. The summed E-state index contributed by atoms with van der Waals surface area (Å²) in [6.07, 6.45) is 0.0296. The lowest BCUT2D eigenvalue weighted by Crippen LogP contribution is -2.17. The van der Waals surface area contributed by atoms with Gasteiger partial charge in [0.05, 0.1) is 6.10 Å². The van der Waals surface area contributed by atoms with E-state index in [2.05, 4.69) is 49.4 Å². The lowest BCUT2D eigenvalue weighted by atomic mass is 10.2. The Hall–Kier alpha value is -1.61. The van der Waals surface area contributed by atoms with Gasteiger partial charge < -0.3 is 9.84 Å². The predicted octanol–water partition coefficient (Wildman–Crippen LogP) is 3.18. The number of rotatable bonds is 4. The molecular weight excluding hydrogens is 240 g/mol. The quantitative estimate of drug-likeness (QED) is 0.671. The molecule has 0 saturated carbocycles. The number of carbonyl (C=O) groups is 1. The minimum Gasteiger partial charge on any atom is -0.460 e. The van der Waals surface area contributed by atoms with Crippen LogP contribution in [0.3, 0.4) is 0 Å². The summed E-state index contributed by atoms with van der Waals surface area (Å²) in [7, 11) is 0. The number of benzene rings is 1. The van der Waals surface area contributed by atoms with Crippen molar-refractivity contribution in [3.63, 3.8) is 0 Å². The third-order valence-corrected chi connectivity index (χ3v) is 2.44. The highest BCUT2D eigenvalue weighted by Gasteiger charge is 2.06. The maximum atomic E-state index is 10.7. The molecule has 0 saturated heterocycles. The van der Waals surface area contributed by atoms with Gasteiger partial charge in [0, 0.05) is 5.57 Å². The van der Waals surface area contributed by atoms with Gasteiger partial charge in [-0.2, -0.15) is 0 Å². The fourth-order valence-electron chi connectivity index (χ4n) is 1.05. The molecular formula is C16H24O3. The average Bonchev–Trinajstić information content (AvgIpc) is 2.39. The van der Waals surface area contributed by atoms with Crippen LogP contribution in [0.4, 0.5) is 0 Å². The summed E-state index contributed by atoms with van der Waals surface area (Å²) in [5, 5.41) is 8.98. The second kappa shape index (κ2) is 9.34. The second-order valence-electron chi connectivity index (χ2n) is 4.60. The van der Waals surface area contributed by atoms with E-state index in [1.807, 2.05) is 6.92 Å². The number of esters is 1. The minimum absolute atomic E-state index is 0.0577. The van der Waals surface area contributed by atoms with Gasteiger partial charge in [-0.1, -0.05) is 48.9 Å². The van der Waals surface area contributed by atoms with Gasteiger partial charge in [-0.05, 0) is 27.2 Å². The highest BCUT2D eigenvalue weighted by atomic mass is 16.5. The zero-order chi connectivity index (χ0) is 14.8. The van der Waals surface area contributed by atoms with E-state index in [1.54, 1.807) is 6.92 Å². The molecule has 0 spiro atoms. The van der Waals surface area contributed by atoms with Crippen LogP contribution >= 0.6 is 0 Å². The topological polar surface area (TPSA) is 46.5 Å². The lowest BCUT2D eigenvalue weighted by Gasteiger charge is -2.07. The molecule has 0 aliphatic carbocycles. The van der Waals surface area contributed by atoms with Crippen molar-refractivity contribution in [3.8, 4) is 0 Å². The van der Waals surface area contributed by atoms with Crippen LogP contribution in [0.1, 0.15) is 31.4 Å². The summed E-state index contributed by atoms with van der Waals surface area (Å²) in [6.45, 7) is 11.0. The van der Waals surface area contributed by atoms with Crippen LogP contribution < -0.4 is 0 Å². The van der Waals surface area contributed by atoms with Crippen molar-refractivity contribution in [2.24, 2.45) is 0 Å². The number of ether oxygens (including phenoxy) is 1. The van der Waals surface area contributed by atoms with Crippen molar-refractivity contribution in [3.05, 3.63) is 47.5 Å². The predicted molar refractivity (Wildman–Crippen MR) is 78.0 cm³/mol. The number of carbonyl (C=O) groups excluding carboxylic acids is 1. The molecule has 0 amide bonds. The highest BCUT2D eigenvalue weighted by molar-refractivity contribution is 5.86. The van der Waals surface area contributed by atoms with Crippen LogP contribution in [0.5, 0.6) is 0 Å². The number of hydrogen-bond donors (Lipinski definition) is 1. The summed E-state index contributed by atoms with van der Waals surface area (Å²) < 4.78 is 4.67. The molecule has 1 N–H and O–H groups in total. The molecule has 0 fully saturated rings. The Bertz CT molecular complexity index is 372. The molecule has 1 unspecified atom stereocenters. The first-order chi connectivity index (χ1) is 8.86. The van der Waals surface area contributed by atoms with Gasteiger partial charge in [-0.15, -0.1) is 0 Å². The zero-order valence-corrected chi connectivity index (χ0v) is 12.3. The van der Waals surface area contributed by atoms with Crippen molar-refractivity contribution in [2.45, 2.75) is 40.2 Å². The van der Waals surface area contributed by atoms with Crippen LogP contribution in [0.15, 0.2) is 36.4 Å². The molecule has 1 aromatic rings. The molecule has 106 valence electrons. The molecule has 0 aliphatic rings. The molecule has 0 aliphatic heterocycles. The normalized spacial score (nSPS) is 11.0. The summed E-state index contributed by atoms with van der Waals surface area (Å²) in [6, 6.07) is 8.48. The Kier molecular flexibility index (Phi) is 8.55. The Balaban J connectivity index is 0.000000356. The number of aliphatic hydroxyl groups is 1. The maximum absolute atomic E-state index is 10.7. The largest absolute Gasteiger partial charge is 0.460 e. The molecule has 1 rings (SSSR count). The highest BCUT2D eigenvalue weighted by Crippen LogP contribution is 1.99. The van der Waals surface area contributed by atoms with E-state index in [4.69, 9.17) is 5.11 Å². The minimum atomic E-state index is -0.557. The van der Waals surface area contributed by atoms with Crippen LogP contribution in [0.25, 0.3) is 0 Å². The van der Waals surface area contributed by atoms with Gasteiger partial charge in [-0.3, -0.25) is 0 Å². The number of aryl methyl sites for hydroxylation is 2. The average molecular weight is 264 g/mol. The zero-order valence-electron chi connectivity index (χ0n) is 12.3. The molecule has 19 heavy (non-hydrogen) atoms. The standard InChI is InChI=1S/C8H14O3.C8H10/c1-4-7(9)5-11-8(10)6(2)3;1-7-3-5-8(2)6-4-7/h7,9H,2,4-5H2,1,3H3;3-6H,1-2H3. The van der Waals surface area contributed by atoms with Crippen molar-refractivity contribution in [1.29, 1.82) is 0 Å². The monoisotopic (exact) mass is 264 g/mol. The van der Waals surface area contributed by atoms with Crippen molar-refractivity contribution in [2.75, 3.05) is 6.61 Å². The SMILES string of the molecule is C=C(C)C(=O)OCC(O)CC.Cc1ccc(C)cc1. The molecule has 0 bridgehead atoms. The van der Waals surface area contributed by atoms with E-state index in [0.29, 0.717) is 12.0 Å². The fourth-order valence-corrected chi connectivity index (χ4v) is 1.05. The van der Waals surface area contributed by atoms with Gasteiger partial charge in [0.15, 0.2) is 0 Å². The smallest absolute Gasteiger partial charge is 0.333 e. The third kappa shape index (κ3) is 9.03. The van der Waals surface area contributed by atoms with Crippen LogP contribution in [0.2, 0.25) is 0 Å². The maximum Gasteiger partial charge on any atom is 0.333 e. The lowest BCUT2D eigenvalue weighted by molar-refractivity contribution is -0.141. The van der Waals surface area contributed by atoms with Crippen LogP contribution in [-0.2, 0) is 9.53 Å². The van der Waals surface area contributed by atoms with Gasteiger partial charge in [0.2, 0.25) is 0 Å². The fraction of sp³-hybridized carbons (Fsp3) is 0.438. The molecule has 1 aromatic carbocycles. The Morgan fingerprint density at radius 1 is 1.26 bits per heavy atom. The van der Waals surface area contributed by atoms with E-state index >= 15 is 0 Å². The van der Waals surface area contributed by atoms with Crippen molar-refractivity contribution < 1.29 is 14.6 Å². The number of aliphatic hydroxyl groups excluding tert-OH is 1. The van der Waals surface area contributed by atoms with Crippen LogP contribution in [0, 0.1) is 13.8 Å². The van der Waals surface area contributed by atoms with Gasteiger partial charge in [0.1, 0.15) is 6.61 Å². The third-order valence-electron chi connectivity index (χ3n) is 2.44. The summed E-state index contributed by atoms with van der Waals surface area (Å²) in [5.41, 5.74) is 3.01. The summed E-state index contributed by atoms with van der Waals surface area (Å²) in [5.74, 6) is -0.447. The van der Waals surface area contributed by atoms with Gasteiger partial charge in [0.25, 0.3) is 0 Å². The Labute approximate surface area is 115 Å². The van der Waals surface area contributed by atoms with Gasteiger partial charge >= 0.3 is 5.97 Å². The second-order valence-corrected chi connectivity index (χ2v) is 4.60. The van der Waals surface area contributed by atoms with Crippen LogP contribution in [-0.4, -0.2) is 23.8 Å². The molecule has 1 atom stereocenters. The Morgan fingerprint density at radius 2 is 1.68 bits per heavy atom. The van der Waals surface area contributed by atoms with E-state index < -0.39 is 12.1 Å². The molecule has 3 nitrogen and oxygen atoms in total. The van der Waals surface area contributed by atoms with E-state index in [0.717, 1.165) is 0 Å². The molecule has 0 aromatic heterocycles. The summed E-state index contributed by atoms with van der Waals surface area (Å²) in [4.78, 5) is 10.7. The first-order valence-electron chi connectivity index (χ1n) is 6.40. The van der Waals surface area contributed by atoms with E-state index in [1.165, 1.54) is 11.1 Å². The first kappa shape index (κ1) is 17.4. The van der Waals surface area contributed by atoms with Crippen molar-refractivity contribution in [1.82, 2.24) is 0 Å². The van der Waals surface area contributed by atoms with E-state index in [-0.39, 0.29) is 6.61 Å². The molecule has 0 radical (unpaired) electrons. The Morgan fingerprint density at radius 3 is 2.00 bits per heavy atom. The first-order valence-corrected chi connectivity index (χ1v) is 6.40. The van der Waals surface area contributed by atoms with Crippen molar-refractivity contribution >= 4 is 5.97 Å².